The molecule has 2 heterocycles. The monoisotopic (exact) mass is 639 g/mol. The highest BCUT2D eigenvalue weighted by atomic mass is 15.0. The standard InChI is InChI=1S/C47H33N3/c1-31(43-30-48-46-39-22-11-9-20-37(39)38-21-10-12-23-40(38)47(46)49-43)14-13-15-32(2)50-44-26-24-35(33-16-5-3-6-17-33)28-41(44)42-29-36(25-27-45(42)50)34-18-7-4-8-19-34/h3-30H,1H2,2H3/b14-13-,32-15+. The van der Waals surface area contributed by atoms with Crippen molar-refractivity contribution in [1.82, 2.24) is 14.5 Å². The Morgan fingerprint density at radius 3 is 1.60 bits per heavy atom. The van der Waals surface area contributed by atoms with E-state index in [0.717, 1.165) is 38.8 Å². The third-order valence-electron chi connectivity index (χ3n) is 9.72. The second kappa shape index (κ2) is 12.1. The number of fused-ring (bicyclic) bond motifs is 9. The van der Waals surface area contributed by atoms with Gasteiger partial charge in [-0.15, -0.1) is 0 Å². The summed E-state index contributed by atoms with van der Waals surface area (Å²) >= 11 is 0. The number of benzene rings is 7. The van der Waals surface area contributed by atoms with Crippen molar-refractivity contribution in [2.45, 2.75) is 6.92 Å². The molecule has 7 aromatic carbocycles. The second-order valence-corrected chi connectivity index (χ2v) is 12.8. The Morgan fingerprint density at radius 1 is 0.540 bits per heavy atom. The zero-order chi connectivity index (χ0) is 33.6. The molecule has 50 heavy (non-hydrogen) atoms. The number of aromatic nitrogens is 3. The number of allylic oxidation sites excluding steroid dienone is 5. The summed E-state index contributed by atoms with van der Waals surface area (Å²) < 4.78 is 2.36. The molecule has 0 amide bonds. The topological polar surface area (TPSA) is 30.7 Å². The van der Waals surface area contributed by atoms with Crippen molar-refractivity contribution in [3.05, 3.63) is 182 Å². The van der Waals surface area contributed by atoms with E-state index >= 15 is 0 Å². The van der Waals surface area contributed by atoms with E-state index in [2.05, 4.69) is 176 Å². The van der Waals surface area contributed by atoms with Crippen LogP contribution in [0.4, 0.5) is 0 Å². The summed E-state index contributed by atoms with van der Waals surface area (Å²) in [5, 5.41) is 7.03. The fourth-order valence-corrected chi connectivity index (χ4v) is 7.26. The van der Waals surface area contributed by atoms with Crippen LogP contribution in [0.15, 0.2) is 177 Å². The Labute approximate surface area is 290 Å². The van der Waals surface area contributed by atoms with Gasteiger partial charge in [-0.1, -0.05) is 140 Å². The summed E-state index contributed by atoms with van der Waals surface area (Å²) in [6, 6.07) is 51.6. The molecule has 0 atom stereocenters. The Morgan fingerprint density at radius 2 is 1.04 bits per heavy atom. The van der Waals surface area contributed by atoms with E-state index in [-0.39, 0.29) is 0 Å². The summed E-state index contributed by atoms with van der Waals surface area (Å²) in [4.78, 5) is 10.0. The highest BCUT2D eigenvalue weighted by Crippen LogP contribution is 2.37. The van der Waals surface area contributed by atoms with E-state index in [0.29, 0.717) is 0 Å². The third-order valence-corrected chi connectivity index (χ3v) is 9.72. The van der Waals surface area contributed by atoms with Gasteiger partial charge in [0.05, 0.1) is 34.0 Å². The Balaban J connectivity index is 1.11. The first-order valence-corrected chi connectivity index (χ1v) is 16.9. The summed E-state index contributed by atoms with van der Waals surface area (Å²) in [5.41, 5.74) is 11.7. The van der Waals surface area contributed by atoms with Crippen LogP contribution in [0.5, 0.6) is 0 Å². The maximum Gasteiger partial charge on any atom is 0.0979 e. The molecule has 0 saturated heterocycles. The molecule has 0 aliphatic carbocycles. The van der Waals surface area contributed by atoms with Crippen LogP contribution in [0.1, 0.15) is 12.6 Å². The zero-order valence-electron chi connectivity index (χ0n) is 27.7. The van der Waals surface area contributed by atoms with Gasteiger partial charge < -0.3 is 4.57 Å². The summed E-state index contributed by atoms with van der Waals surface area (Å²) in [6.45, 7) is 6.55. The van der Waals surface area contributed by atoms with Crippen LogP contribution in [0, 0.1) is 0 Å². The fraction of sp³-hybridized carbons (Fsp3) is 0.0213. The predicted octanol–water partition coefficient (Wildman–Crippen LogP) is 12.5. The van der Waals surface area contributed by atoms with Crippen molar-refractivity contribution in [1.29, 1.82) is 0 Å². The van der Waals surface area contributed by atoms with Crippen LogP contribution in [0.3, 0.4) is 0 Å². The van der Waals surface area contributed by atoms with Gasteiger partial charge in [0.2, 0.25) is 0 Å². The first-order chi connectivity index (χ1) is 24.6. The van der Waals surface area contributed by atoms with Crippen molar-refractivity contribution in [2.24, 2.45) is 0 Å². The molecular weight excluding hydrogens is 607 g/mol. The highest BCUT2D eigenvalue weighted by molar-refractivity contribution is 6.23. The maximum atomic E-state index is 5.11. The Hall–Kier alpha value is -6.58. The molecule has 0 unspecified atom stereocenters. The van der Waals surface area contributed by atoms with Crippen molar-refractivity contribution < 1.29 is 0 Å². The molecule has 0 radical (unpaired) electrons. The summed E-state index contributed by atoms with van der Waals surface area (Å²) in [5.74, 6) is 0. The smallest absolute Gasteiger partial charge is 0.0979 e. The summed E-state index contributed by atoms with van der Waals surface area (Å²) in [6.07, 6.45) is 8.08. The van der Waals surface area contributed by atoms with E-state index in [4.69, 9.17) is 9.97 Å². The molecule has 0 fully saturated rings. The van der Waals surface area contributed by atoms with E-state index < -0.39 is 0 Å². The normalized spacial score (nSPS) is 12.2. The van der Waals surface area contributed by atoms with Crippen LogP contribution in [0.2, 0.25) is 0 Å². The van der Waals surface area contributed by atoms with Gasteiger partial charge in [-0.05, 0) is 75.9 Å². The predicted molar refractivity (Wildman–Crippen MR) is 213 cm³/mol. The van der Waals surface area contributed by atoms with Crippen molar-refractivity contribution in [3.63, 3.8) is 0 Å². The molecule has 0 bridgehead atoms. The van der Waals surface area contributed by atoms with Gasteiger partial charge >= 0.3 is 0 Å². The number of rotatable bonds is 6. The summed E-state index contributed by atoms with van der Waals surface area (Å²) in [7, 11) is 0. The highest BCUT2D eigenvalue weighted by Gasteiger charge is 2.15. The number of nitrogens with zero attached hydrogens (tertiary/aromatic N) is 3. The molecule has 0 spiro atoms. The lowest BCUT2D eigenvalue weighted by atomic mass is 9.99. The SMILES string of the molecule is C=C(/C=C\C=C(/C)n1c2ccc(-c3ccccc3)cc2c2cc(-c3ccccc3)ccc21)c1cnc2c3ccccc3c3ccccc3c2n1. The van der Waals surface area contributed by atoms with Crippen LogP contribution < -0.4 is 0 Å². The third kappa shape index (κ3) is 4.99. The molecule has 0 saturated carbocycles. The van der Waals surface area contributed by atoms with Gasteiger partial charge in [0, 0.05) is 27.2 Å². The van der Waals surface area contributed by atoms with Gasteiger partial charge in [-0.25, -0.2) is 4.98 Å². The second-order valence-electron chi connectivity index (χ2n) is 12.8. The van der Waals surface area contributed by atoms with Gasteiger partial charge in [-0.3, -0.25) is 4.98 Å². The molecule has 2 aromatic heterocycles. The number of hydrogen-bond acceptors (Lipinski definition) is 2. The lowest BCUT2D eigenvalue weighted by Crippen LogP contribution is -1.94. The van der Waals surface area contributed by atoms with Gasteiger partial charge in [0.1, 0.15) is 0 Å². The van der Waals surface area contributed by atoms with Gasteiger partial charge in [-0.2, -0.15) is 0 Å². The lowest BCUT2D eigenvalue weighted by Gasteiger charge is -2.10. The Kier molecular flexibility index (Phi) is 7.18. The average molecular weight is 640 g/mol. The molecule has 236 valence electrons. The average Bonchev–Trinajstić information content (AvgIpc) is 3.51. The molecule has 9 rings (SSSR count). The quantitative estimate of drug-likeness (QED) is 0.134. The number of hydrogen-bond donors (Lipinski definition) is 0. The molecular formula is C47H33N3. The minimum absolute atomic E-state index is 0.763. The van der Waals surface area contributed by atoms with E-state index in [1.165, 1.54) is 54.8 Å². The van der Waals surface area contributed by atoms with Crippen LogP contribution >= 0.6 is 0 Å². The van der Waals surface area contributed by atoms with Gasteiger partial charge in [0.25, 0.3) is 0 Å². The minimum atomic E-state index is 0.763. The van der Waals surface area contributed by atoms with Crippen molar-refractivity contribution in [2.75, 3.05) is 0 Å². The minimum Gasteiger partial charge on any atom is -0.313 e. The largest absolute Gasteiger partial charge is 0.313 e. The molecule has 9 aromatic rings. The van der Waals surface area contributed by atoms with Crippen LogP contribution in [-0.4, -0.2) is 14.5 Å². The molecule has 3 heteroatoms. The van der Waals surface area contributed by atoms with Crippen molar-refractivity contribution in [3.8, 4) is 22.3 Å². The van der Waals surface area contributed by atoms with Crippen LogP contribution in [0.25, 0.3) is 87.9 Å². The van der Waals surface area contributed by atoms with E-state index in [9.17, 15) is 0 Å². The first kappa shape index (κ1) is 29.6. The molecule has 0 N–H and O–H groups in total. The fourth-order valence-electron chi connectivity index (χ4n) is 7.26. The molecule has 0 aliphatic rings. The van der Waals surface area contributed by atoms with E-state index in [1.54, 1.807) is 0 Å². The van der Waals surface area contributed by atoms with Gasteiger partial charge in [0.15, 0.2) is 0 Å². The lowest BCUT2D eigenvalue weighted by molar-refractivity contribution is 1.20. The van der Waals surface area contributed by atoms with E-state index in [1.807, 2.05) is 12.3 Å². The van der Waals surface area contributed by atoms with Crippen LogP contribution in [-0.2, 0) is 0 Å². The molecule has 0 aliphatic heterocycles. The van der Waals surface area contributed by atoms with Crippen molar-refractivity contribution >= 4 is 65.7 Å². The first-order valence-electron chi connectivity index (χ1n) is 16.9. The maximum absolute atomic E-state index is 5.11. The zero-order valence-corrected chi connectivity index (χ0v) is 27.7. The molecule has 3 nitrogen and oxygen atoms in total. The Bertz CT molecular complexity index is 2690.